The fraction of sp³-hybridized carbons (Fsp3) is 0.143. The first kappa shape index (κ1) is 23.1. The Bertz CT molecular complexity index is 1390. The van der Waals surface area contributed by atoms with E-state index in [0.29, 0.717) is 5.92 Å². The van der Waals surface area contributed by atoms with Crippen LogP contribution in [0.5, 0.6) is 0 Å². The molecule has 0 bridgehead atoms. The summed E-state index contributed by atoms with van der Waals surface area (Å²) >= 11 is 11.7. The summed E-state index contributed by atoms with van der Waals surface area (Å²) in [7, 11) is 0. The van der Waals surface area contributed by atoms with Gasteiger partial charge in [0.2, 0.25) is 5.13 Å². The number of pyridine rings is 4. The Labute approximate surface area is 213 Å². The number of nitrogens with one attached hydrogen (secondary N) is 1. The van der Waals surface area contributed by atoms with Gasteiger partial charge in [0, 0.05) is 27.3 Å². The standard InChI is InChI=1S/C13H12BrN5S.C8H4Br2N2/c1-7(2)12-18-19-13(20-12)17-10-4-3-9-11(16-10)8(14)5-6-15-9;9-5-3-4-11-6-1-2-7(10)12-8(5)6/h3-7H,1-2H3,(H,16,17,19);1-4H. The molecule has 7 nitrogen and oxygen atoms in total. The number of anilines is 2. The van der Waals surface area contributed by atoms with Crippen LogP contribution in [0.4, 0.5) is 10.9 Å². The van der Waals surface area contributed by atoms with E-state index in [9.17, 15) is 0 Å². The number of halogens is 3. The first-order chi connectivity index (χ1) is 15.4. The number of hydrogen-bond acceptors (Lipinski definition) is 8. The molecule has 0 saturated heterocycles. The van der Waals surface area contributed by atoms with Crippen LogP contribution >= 0.6 is 59.1 Å². The van der Waals surface area contributed by atoms with Crippen molar-refractivity contribution in [2.45, 2.75) is 19.8 Å². The monoisotopic (exact) mass is 635 g/mol. The number of rotatable bonds is 3. The van der Waals surface area contributed by atoms with Gasteiger partial charge in [0.15, 0.2) is 0 Å². The van der Waals surface area contributed by atoms with Gasteiger partial charge < -0.3 is 5.32 Å². The first-order valence-electron chi connectivity index (χ1n) is 9.49. The highest BCUT2D eigenvalue weighted by Crippen LogP contribution is 2.27. The molecule has 0 aliphatic carbocycles. The quantitative estimate of drug-likeness (QED) is 0.208. The smallest absolute Gasteiger partial charge is 0.211 e. The minimum absolute atomic E-state index is 0.381. The van der Waals surface area contributed by atoms with E-state index >= 15 is 0 Å². The van der Waals surface area contributed by atoms with Gasteiger partial charge in [-0.05, 0) is 84.2 Å². The first-order valence-corrected chi connectivity index (χ1v) is 12.7. The van der Waals surface area contributed by atoms with E-state index < -0.39 is 0 Å². The Morgan fingerprint density at radius 3 is 2.03 bits per heavy atom. The Morgan fingerprint density at radius 2 is 1.41 bits per heavy atom. The zero-order valence-corrected chi connectivity index (χ0v) is 22.5. The summed E-state index contributed by atoms with van der Waals surface area (Å²) < 4.78 is 2.71. The zero-order chi connectivity index (χ0) is 22.7. The SMILES string of the molecule is Brc1ccc2nccc(Br)c2n1.CC(C)c1nnc(Nc2ccc3nccc(Br)c3n2)s1. The predicted molar refractivity (Wildman–Crippen MR) is 139 cm³/mol. The highest BCUT2D eigenvalue weighted by molar-refractivity contribution is 9.11. The summed E-state index contributed by atoms with van der Waals surface area (Å²) in [6.07, 6.45) is 3.50. The second-order valence-electron chi connectivity index (χ2n) is 6.88. The predicted octanol–water partition coefficient (Wildman–Crippen LogP) is 7.27. The van der Waals surface area contributed by atoms with Crippen LogP contribution in [-0.4, -0.2) is 30.1 Å². The van der Waals surface area contributed by atoms with Crippen LogP contribution < -0.4 is 5.32 Å². The molecular formula is C21H16Br3N7S. The van der Waals surface area contributed by atoms with Crippen molar-refractivity contribution in [3.05, 3.63) is 67.3 Å². The van der Waals surface area contributed by atoms with Crippen molar-refractivity contribution in [1.29, 1.82) is 0 Å². The van der Waals surface area contributed by atoms with Crippen LogP contribution in [0.2, 0.25) is 0 Å². The summed E-state index contributed by atoms with van der Waals surface area (Å²) in [6.45, 7) is 4.20. The molecule has 5 aromatic rings. The molecular weight excluding hydrogens is 622 g/mol. The molecule has 5 heterocycles. The van der Waals surface area contributed by atoms with Gasteiger partial charge >= 0.3 is 0 Å². The van der Waals surface area contributed by atoms with Crippen LogP contribution in [0.25, 0.3) is 22.1 Å². The van der Waals surface area contributed by atoms with E-state index in [-0.39, 0.29) is 0 Å². The number of nitrogens with zero attached hydrogens (tertiary/aromatic N) is 6. The molecule has 0 aromatic carbocycles. The van der Waals surface area contributed by atoms with E-state index in [1.54, 1.807) is 23.7 Å². The van der Waals surface area contributed by atoms with Crippen molar-refractivity contribution < 1.29 is 0 Å². The van der Waals surface area contributed by atoms with Crippen molar-refractivity contribution in [3.8, 4) is 0 Å². The van der Waals surface area contributed by atoms with Crippen LogP contribution in [0, 0.1) is 0 Å². The second kappa shape index (κ2) is 10.2. The maximum absolute atomic E-state index is 4.54. The third-order valence-corrected chi connectivity index (χ3v) is 7.07. The van der Waals surface area contributed by atoms with Crippen molar-refractivity contribution in [2.75, 3.05) is 5.32 Å². The minimum atomic E-state index is 0.381. The molecule has 5 aromatic heterocycles. The summed E-state index contributed by atoms with van der Waals surface area (Å²) in [5, 5.41) is 13.2. The molecule has 32 heavy (non-hydrogen) atoms. The molecule has 0 fully saturated rings. The van der Waals surface area contributed by atoms with E-state index in [1.807, 2.05) is 36.4 Å². The minimum Gasteiger partial charge on any atom is -0.315 e. The number of aromatic nitrogens is 6. The van der Waals surface area contributed by atoms with Gasteiger partial charge in [-0.1, -0.05) is 25.2 Å². The molecule has 0 aliphatic heterocycles. The van der Waals surface area contributed by atoms with Gasteiger partial charge in [0.25, 0.3) is 0 Å². The maximum atomic E-state index is 4.54. The van der Waals surface area contributed by atoms with E-state index in [4.69, 9.17) is 0 Å². The summed E-state index contributed by atoms with van der Waals surface area (Å²) in [4.78, 5) is 17.3. The van der Waals surface area contributed by atoms with Crippen molar-refractivity contribution in [3.63, 3.8) is 0 Å². The van der Waals surface area contributed by atoms with Crippen molar-refractivity contribution >= 4 is 92.1 Å². The third kappa shape index (κ3) is 5.45. The number of fused-ring (bicyclic) bond motifs is 2. The Hall–Kier alpha value is -2.08. The van der Waals surface area contributed by atoms with Gasteiger partial charge in [0.05, 0.1) is 11.0 Å². The summed E-state index contributed by atoms with van der Waals surface area (Å²) in [5.74, 6) is 1.11. The molecule has 0 atom stereocenters. The Kier molecular flexibility index (Phi) is 7.39. The van der Waals surface area contributed by atoms with Crippen LogP contribution in [0.1, 0.15) is 24.8 Å². The van der Waals surface area contributed by atoms with Crippen LogP contribution in [-0.2, 0) is 0 Å². The largest absolute Gasteiger partial charge is 0.315 e. The highest BCUT2D eigenvalue weighted by atomic mass is 79.9. The lowest BCUT2D eigenvalue weighted by Gasteiger charge is -2.04. The lowest BCUT2D eigenvalue weighted by Crippen LogP contribution is -1.94. The average Bonchev–Trinajstić information content (AvgIpc) is 3.24. The summed E-state index contributed by atoms with van der Waals surface area (Å²) in [5.41, 5.74) is 3.45. The molecule has 0 spiro atoms. The fourth-order valence-electron chi connectivity index (χ4n) is 2.66. The Morgan fingerprint density at radius 1 is 0.781 bits per heavy atom. The van der Waals surface area contributed by atoms with Crippen LogP contribution in [0.15, 0.2) is 62.3 Å². The van der Waals surface area contributed by atoms with Crippen LogP contribution in [0.3, 0.4) is 0 Å². The van der Waals surface area contributed by atoms with E-state index in [0.717, 1.165) is 51.6 Å². The molecule has 0 saturated carbocycles. The third-order valence-electron chi connectivity index (χ3n) is 4.20. The molecule has 0 amide bonds. The van der Waals surface area contributed by atoms with E-state index in [2.05, 4.69) is 97.1 Å². The highest BCUT2D eigenvalue weighted by Gasteiger charge is 2.09. The summed E-state index contributed by atoms with van der Waals surface area (Å²) in [6, 6.07) is 11.4. The van der Waals surface area contributed by atoms with Gasteiger partial charge in [-0.2, -0.15) is 0 Å². The normalized spacial score (nSPS) is 10.9. The van der Waals surface area contributed by atoms with Gasteiger partial charge in [-0.15, -0.1) is 10.2 Å². The molecule has 0 aliphatic rings. The molecule has 5 rings (SSSR count). The topological polar surface area (TPSA) is 89.4 Å². The van der Waals surface area contributed by atoms with Gasteiger partial charge in [0.1, 0.15) is 26.5 Å². The molecule has 162 valence electrons. The van der Waals surface area contributed by atoms with Crippen molar-refractivity contribution in [2.24, 2.45) is 0 Å². The zero-order valence-electron chi connectivity index (χ0n) is 16.9. The molecule has 11 heteroatoms. The fourth-order valence-corrected chi connectivity index (χ4v) is 4.54. The molecule has 1 N–H and O–H groups in total. The van der Waals surface area contributed by atoms with Crippen molar-refractivity contribution in [1.82, 2.24) is 30.1 Å². The average molecular weight is 638 g/mol. The van der Waals surface area contributed by atoms with Gasteiger partial charge in [-0.3, -0.25) is 9.97 Å². The van der Waals surface area contributed by atoms with Gasteiger partial charge in [-0.25, -0.2) is 9.97 Å². The number of hydrogen-bond donors (Lipinski definition) is 1. The molecule has 0 radical (unpaired) electrons. The van der Waals surface area contributed by atoms with E-state index in [1.165, 1.54) is 0 Å². The maximum Gasteiger partial charge on any atom is 0.211 e. The molecule has 0 unspecified atom stereocenters. The second-order valence-corrected chi connectivity index (χ2v) is 10.4. The lowest BCUT2D eigenvalue weighted by molar-refractivity contribution is 0.825. The lowest BCUT2D eigenvalue weighted by atomic mass is 10.2. The Balaban J connectivity index is 0.000000174.